The SMILES string of the molecule is COc1cc(C2=CC(O)CNC2)sn1. The summed E-state index contributed by atoms with van der Waals surface area (Å²) >= 11 is 1.39. The van der Waals surface area contributed by atoms with Gasteiger partial charge < -0.3 is 15.2 Å². The van der Waals surface area contributed by atoms with Gasteiger partial charge in [0.05, 0.1) is 18.1 Å². The lowest BCUT2D eigenvalue weighted by Gasteiger charge is -2.16. The highest BCUT2D eigenvalue weighted by Crippen LogP contribution is 2.25. The van der Waals surface area contributed by atoms with Crippen LogP contribution in [-0.2, 0) is 0 Å². The normalized spacial score (nSPS) is 21.9. The van der Waals surface area contributed by atoms with Crippen LogP contribution in [0.4, 0.5) is 0 Å². The monoisotopic (exact) mass is 212 g/mol. The van der Waals surface area contributed by atoms with Crippen molar-refractivity contribution in [2.24, 2.45) is 0 Å². The van der Waals surface area contributed by atoms with Gasteiger partial charge in [0.25, 0.3) is 0 Å². The molecule has 0 aromatic carbocycles. The molecule has 0 saturated carbocycles. The largest absolute Gasteiger partial charge is 0.480 e. The molecule has 1 aliphatic rings. The number of methoxy groups -OCH3 is 1. The molecule has 1 atom stereocenters. The van der Waals surface area contributed by atoms with Gasteiger partial charge in [0, 0.05) is 19.2 Å². The van der Waals surface area contributed by atoms with Gasteiger partial charge in [-0.25, -0.2) is 0 Å². The van der Waals surface area contributed by atoms with E-state index in [9.17, 15) is 5.11 Å². The van der Waals surface area contributed by atoms with Gasteiger partial charge in [-0.15, -0.1) is 0 Å². The molecule has 0 spiro atoms. The van der Waals surface area contributed by atoms with Gasteiger partial charge in [-0.1, -0.05) is 0 Å². The molecule has 2 rings (SSSR count). The highest BCUT2D eigenvalue weighted by Gasteiger charge is 2.13. The van der Waals surface area contributed by atoms with Crippen LogP contribution >= 0.6 is 11.5 Å². The number of rotatable bonds is 2. The van der Waals surface area contributed by atoms with Crippen molar-refractivity contribution in [2.75, 3.05) is 20.2 Å². The summed E-state index contributed by atoms with van der Waals surface area (Å²) in [7, 11) is 1.60. The fourth-order valence-electron chi connectivity index (χ4n) is 1.38. The Hall–Kier alpha value is -0.910. The summed E-state index contributed by atoms with van der Waals surface area (Å²) in [5, 5.41) is 12.5. The molecule has 0 radical (unpaired) electrons. The number of hydrogen-bond donors (Lipinski definition) is 2. The van der Waals surface area contributed by atoms with Crippen LogP contribution in [0.2, 0.25) is 0 Å². The zero-order valence-electron chi connectivity index (χ0n) is 7.86. The predicted octanol–water partition coefficient (Wildman–Crippen LogP) is 0.499. The van der Waals surface area contributed by atoms with Gasteiger partial charge in [-0.05, 0) is 23.2 Å². The van der Waals surface area contributed by atoms with E-state index in [0.29, 0.717) is 12.4 Å². The van der Waals surface area contributed by atoms with Crippen LogP contribution in [0.1, 0.15) is 4.88 Å². The third kappa shape index (κ3) is 1.95. The zero-order chi connectivity index (χ0) is 9.97. The van der Waals surface area contributed by atoms with E-state index < -0.39 is 6.10 Å². The fourth-order valence-corrected chi connectivity index (χ4v) is 2.11. The van der Waals surface area contributed by atoms with Crippen molar-refractivity contribution in [1.29, 1.82) is 0 Å². The average molecular weight is 212 g/mol. The maximum Gasteiger partial charge on any atom is 0.225 e. The maximum atomic E-state index is 9.42. The van der Waals surface area contributed by atoms with Crippen molar-refractivity contribution in [3.8, 4) is 5.88 Å². The van der Waals surface area contributed by atoms with Crippen molar-refractivity contribution in [1.82, 2.24) is 9.69 Å². The molecule has 4 nitrogen and oxygen atoms in total. The smallest absolute Gasteiger partial charge is 0.225 e. The maximum absolute atomic E-state index is 9.42. The van der Waals surface area contributed by atoms with Crippen molar-refractivity contribution < 1.29 is 9.84 Å². The summed E-state index contributed by atoms with van der Waals surface area (Å²) in [5.41, 5.74) is 1.09. The van der Waals surface area contributed by atoms with E-state index in [0.717, 1.165) is 17.0 Å². The lowest BCUT2D eigenvalue weighted by Crippen LogP contribution is -2.31. The van der Waals surface area contributed by atoms with Crippen molar-refractivity contribution in [2.45, 2.75) is 6.10 Å². The van der Waals surface area contributed by atoms with Crippen LogP contribution in [0, 0.1) is 0 Å². The standard InChI is InChI=1S/C9H12N2O2S/c1-13-9-3-8(14-11-9)6-2-7(12)5-10-4-6/h2-3,7,10,12H,4-5H2,1H3. The van der Waals surface area contributed by atoms with Crippen molar-refractivity contribution in [3.05, 3.63) is 17.0 Å². The number of nitrogens with zero attached hydrogens (tertiary/aromatic N) is 1. The molecule has 1 unspecified atom stereocenters. The van der Waals surface area contributed by atoms with Gasteiger partial charge in [0.2, 0.25) is 5.88 Å². The number of ether oxygens (including phenoxy) is 1. The first kappa shape index (κ1) is 9.64. The van der Waals surface area contributed by atoms with Crippen LogP contribution in [0.5, 0.6) is 5.88 Å². The number of nitrogens with one attached hydrogen (secondary N) is 1. The van der Waals surface area contributed by atoms with Crippen LogP contribution in [0.3, 0.4) is 0 Å². The van der Waals surface area contributed by atoms with Crippen LogP contribution in [0.15, 0.2) is 12.1 Å². The molecule has 76 valence electrons. The zero-order valence-corrected chi connectivity index (χ0v) is 8.67. The molecule has 0 aliphatic carbocycles. The van der Waals surface area contributed by atoms with E-state index in [2.05, 4.69) is 9.69 Å². The Kier molecular flexibility index (Phi) is 2.81. The first-order chi connectivity index (χ1) is 6.79. The summed E-state index contributed by atoms with van der Waals surface area (Å²) < 4.78 is 9.11. The lowest BCUT2D eigenvalue weighted by molar-refractivity contribution is 0.217. The predicted molar refractivity (Wildman–Crippen MR) is 55.5 cm³/mol. The van der Waals surface area contributed by atoms with Gasteiger partial charge in [0.15, 0.2) is 0 Å². The van der Waals surface area contributed by atoms with Gasteiger partial charge >= 0.3 is 0 Å². The minimum absolute atomic E-state index is 0.396. The Labute approximate surface area is 86.4 Å². The number of aliphatic hydroxyl groups is 1. The molecule has 0 bridgehead atoms. The van der Waals surface area contributed by atoms with E-state index in [-0.39, 0.29) is 0 Å². The highest BCUT2D eigenvalue weighted by molar-refractivity contribution is 7.07. The third-order valence-corrected chi connectivity index (χ3v) is 2.92. The Morgan fingerprint density at radius 1 is 1.71 bits per heavy atom. The van der Waals surface area contributed by atoms with Crippen LogP contribution in [0.25, 0.3) is 5.57 Å². The minimum atomic E-state index is -0.396. The number of aromatic nitrogens is 1. The fraction of sp³-hybridized carbons (Fsp3) is 0.444. The van der Waals surface area contributed by atoms with E-state index in [1.807, 2.05) is 12.1 Å². The van der Waals surface area contributed by atoms with E-state index in [1.165, 1.54) is 11.5 Å². The summed E-state index contributed by atoms with van der Waals surface area (Å²) in [5.74, 6) is 0.631. The molecule has 1 aromatic rings. The first-order valence-corrected chi connectivity index (χ1v) is 5.17. The Morgan fingerprint density at radius 2 is 2.57 bits per heavy atom. The third-order valence-electron chi connectivity index (χ3n) is 2.08. The Balaban J connectivity index is 2.21. The van der Waals surface area contributed by atoms with E-state index >= 15 is 0 Å². The molecular formula is C9H12N2O2S. The molecular weight excluding hydrogens is 200 g/mol. The minimum Gasteiger partial charge on any atom is -0.480 e. The van der Waals surface area contributed by atoms with Gasteiger partial charge in [-0.2, -0.15) is 4.37 Å². The second kappa shape index (κ2) is 4.08. The van der Waals surface area contributed by atoms with E-state index in [4.69, 9.17) is 4.74 Å². The molecule has 2 N–H and O–H groups in total. The molecule has 0 saturated heterocycles. The molecule has 14 heavy (non-hydrogen) atoms. The highest BCUT2D eigenvalue weighted by atomic mass is 32.1. The van der Waals surface area contributed by atoms with Crippen LogP contribution in [-0.4, -0.2) is 35.8 Å². The molecule has 0 amide bonds. The topological polar surface area (TPSA) is 54.4 Å². The quantitative estimate of drug-likeness (QED) is 0.749. The molecule has 5 heteroatoms. The number of aliphatic hydroxyl groups excluding tert-OH is 1. The number of hydrogen-bond acceptors (Lipinski definition) is 5. The summed E-state index contributed by atoms with van der Waals surface area (Å²) in [4.78, 5) is 1.05. The molecule has 2 heterocycles. The molecule has 1 aromatic heterocycles. The average Bonchev–Trinajstić information content (AvgIpc) is 2.66. The Bertz CT molecular complexity index is 348. The summed E-state index contributed by atoms with van der Waals surface area (Å²) in [6.07, 6.45) is 1.47. The molecule has 1 aliphatic heterocycles. The summed E-state index contributed by atoms with van der Waals surface area (Å²) in [6, 6.07) is 1.89. The molecule has 0 fully saturated rings. The number of β-amino-alcohol motifs (C(OH)–C–C–N with tert-alkyl or cyclic N) is 1. The van der Waals surface area contributed by atoms with E-state index in [1.54, 1.807) is 7.11 Å². The lowest BCUT2D eigenvalue weighted by atomic mass is 10.1. The Morgan fingerprint density at radius 3 is 3.21 bits per heavy atom. The van der Waals surface area contributed by atoms with Crippen molar-refractivity contribution >= 4 is 17.1 Å². The summed E-state index contributed by atoms with van der Waals surface area (Å²) in [6.45, 7) is 1.40. The van der Waals surface area contributed by atoms with Gasteiger partial charge in [-0.3, -0.25) is 0 Å². The second-order valence-corrected chi connectivity index (χ2v) is 3.93. The van der Waals surface area contributed by atoms with Crippen molar-refractivity contribution in [3.63, 3.8) is 0 Å². The first-order valence-electron chi connectivity index (χ1n) is 4.40. The second-order valence-electron chi connectivity index (χ2n) is 3.12. The van der Waals surface area contributed by atoms with Gasteiger partial charge in [0.1, 0.15) is 0 Å². The van der Waals surface area contributed by atoms with Crippen LogP contribution < -0.4 is 10.1 Å².